The predicted molar refractivity (Wildman–Crippen MR) is 108 cm³/mol. The van der Waals surface area contributed by atoms with Crippen molar-refractivity contribution in [3.05, 3.63) is 23.3 Å². The molecule has 2 aliphatic heterocycles. The monoisotopic (exact) mass is 454 g/mol. The van der Waals surface area contributed by atoms with E-state index in [1.54, 1.807) is 0 Å². The highest BCUT2D eigenvalue weighted by molar-refractivity contribution is 8.01. The summed E-state index contributed by atoms with van der Waals surface area (Å²) in [4.78, 5) is 51.0. The number of methoxy groups -OCH3 is 4. The number of esters is 4. The summed E-state index contributed by atoms with van der Waals surface area (Å²) in [6, 6.07) is 3.73. The fraction of sp³-hybridized carbons (Fsp3) is 0.500. The largest absolute Gasteiger partial charge is 0.469 e. The molecule has 8 nitrogen and oxygen atoms in total. The second kappa shape index (κ2) is 9.30. The maximum Gasteiger partial charge on any atom is 0.320 e. The lowest BCUT2D eigenvalue weighted by Crippen LogP contribution is -2.40. The molecule has 0 amide bonds. The lowest BCUT2D eigenvalue weighted by Gasteiger charge is -2.35. The molecule has 0 N–H and O–H groups in total. The maximum absolute atomic E-state index is 12.4. The van der Waals surface area contributed by atoms with Gasteiger partial charge in [-0.05, 0) is 36.1 Å². The fourth-order valence-corrected chi connectivity index (χ4v) is 6.45. The van der Waals surface area contributed by atoms with E-state index in [4.69, 9.17) is 18.9 Å². The molecular weight excluding hydrogens is 432 g/mol. The highest BCUT2D eigenvalue weighted by atomic mass is 32.2. The minimum absolute atomic E-state index is 0.273. The first-order valence-corrected chi connectivity index (χ1v) is 10.9. The Morgan fingerprint density at radius 3 is 1.30 bits per heavy atom. The Morgan fingerprint density at radius 1 is 0.667 bits per heavy atom. The molecule has 0 radical (unpaired) electrons. The maximum atomic E-state index is 12.4. The Labute approximate surface area is 182 Å². The molecular formula is C20H22O8S2. The van der Waals surface area contributed by atoms with Crippen LogP contribution in [0.1, 0.15) is 11.1 Å². The van der Waals surface area contributed by atoms with Gasteiger partial charge in [0.05, 0.1) is 40.3 Å². The molecule has 2 heterocycles. The first-order valence-electron chi connectivity index (χ1n) is 9.15. The molecule has 1 aromatic carbocycles. The second-order valence-corrected chi connectivity index (χ2v) is 9.18. The van der Waals surface area contributed by atoms with E-state index in [0.717, 1.165) is 20.9 Å². The van der Waals surface area contributed by atoms with E-state index in [2.05, 4.69) is 0 Å². The van der Waals surface area contributed by atoms with Gasteiger partial charge >= 0.3 is 23.9 Å². The molecule has 162 valence electrons. The second-order valence-electron chi connectivity index (χ2n) is 6.81. The SMILES string of the molecule is COC(=O)C1Cc2c(ccc3c2CC(C(=O)OC)C(C(=O)OC)S3)SC1C(=O)OC. The van der Waals surface area contributed by atoms with Gasteiger partial charge in [-0.2, -0.15) is 0 Å². The molecule has 10 heteroatoms. The molecule has 0 aliphatic carbocycles. The van der Waals surface area contributed by atoms with E-state index in [0.29, 0.717) is 0 Å². The van der Waals surface area contributed by atoms with Crippen molar-refractivity contribution in [3.8, 4) is 0 Å². The third kappa shape index (κ3) is 4.02. The van der Waals surface area contributed by atoms with Crippen molar-refractivity contribution in [1.82, 2.24) is 0 Å². The average Bonchev–Trinajstić information content (AvgIpc) is 2.79. The van der Waals surface area contributed by atoms with Crippen molar-refractivity contribution in [3.63, 3.8) is 0 Å². The van der Waals surface area contributed by atoms with Crippen molar-refractivity contribution < 1.29 is 38.1 Å². The van der Waals surface area contributed by atoms with E-state index >= 15 is 0 Å². The summed E-state index contributed by atoms with van der Waals surface area (Å²) >= 11 is 2.50. The zero-order valence-electron chi connectivity index (χ0n) is 17.0. The smallest absolute Gasteiger partial charge is 0.320 e. The van der Waals surface area contributed by atoms with Gasteiger partial charge in [0.15, 0.2) is 0 Å². The fourth-order valence-electron chi connectivity index (χ4n) is 3.78. The van der Waals surface area contributed by atoms with Gasteiger partial charge in [0.1, 0.15) is 10.5 Å². The van der Waals surface area contributed by atoms with Crippen molar-refractivity contribution >= 4 is 47.4 Å². The zero-order valence-corrected chi connectivity index (χ0v) is 18.6. The number of fused-ring (bicyclic) bond motifs is 3. The molecule has 0 saturated carbocycles. The van der Waals surface area contributed by atoms with E-state index in [9.17, 15) is 19.2 Å². The number of rotatable bonds is 4. The van der Waals surface area contributed by atoms with Crippen LogP contribution in [0.3, 0.4) is 0 Å². The summed E-state index contributed by atoms with van der Waals surface area (Å²) in [5.74, 6) is -3.42. The summed E-state index contributed by atoms with van der Waals surface area (Å²) < 4.78 is 19.6. The number of benzene rings is 1. The van der Waals surface area contributed by atoms with Crippen LogP contribution in [-0.4, -0.2) is 62.8 Å². The summed E-state index contributed by atoms with van der Waals surface area (Å²) in [7, 11) is 5.12. The highest BCUT2D eigenvalue weighted by Gasteiger charge is 2.45. The van der Waals surface area contributed by atoms with Crippen LogP contribution in [0, 0.1) is 11.8 Å². The van der Waals surface area contributed by atoms with Gasteiger partial charge in [-0.25, -0.2) is 0 Å². The van der Waals surface area contributed by atoms with Crippen molar-refractivity contribution in [2.45, 2.75) is 33.1 Å². The lowest BCUT2D eigenvalue weighted by molar-refractivity contribution is -0.151. The number of hydrogen-bond acceptors (Lipinski definition) is 10. The molecule has 4 atom stereocenters. The van der Waals surface area contributed by atoms with Gasteiger partial charge in [-0.1, -0.05) is 0 Å². The Kier molecular flexibility index (Phi) is 6.97. The van der Waals surface area contributed by atoms with Crippen molar-refractivity contribution in [2.24, 2.45) is 11.8 Å². The molecule has 0 fully saturated rings. The van der Waals surface area contributed by atoms with Gasteiger partial charge in [0.25, 0.3) is 0 Å². The first kappa shape index (κ1) is 22.5. The molecule has 1 aromatic rings. The van der Waals surface area contributed by atoms with E-state index in [1.807, 2.05) is 12.1 Å². The third-order valence-corrected chi connectivity index (χ3v) is 8.13. The topological polar surface area (TPSA) is 105 Å². The van der Waals surface area contributed by atoms with Gasteiger partial charge in [0.2, 0.25) is 0 Å². The summed E-state index contributed by atoms with van der Waals surface area (Å²) in [6.07, 6.45) is 0.546. The van der Waals surface area contributed by atoms with Crippen LogP contribution in [0.4, 0.5) is 0 Å². The molecule has 0 bridgehead atoms. The van der Waals surface area contributed by atoms with Gasteiger partial charge in [-0.15, -0.1) is 23.5 Å². The van der Waals surface area contributed by atoms with E-state index in [1.165, 1.54) is 52.0 Å². The van der Waals surface area contributed by atoms with E-state index in [-0.39, 0.29) is 12.8 Å². The molecule has 0 aromatic heterocycles. The average molecular weight is 455 g/mol. The van der Waals surface area contributed by atoms with Crippen molar-refractivity contribution in [2.75, 3.05) is 28.4 Å². The highest BCUT2D eigenvalue weighted by Crippen LogP contribution is 2.48. The summed E-state index contributed by atoms with van der Waals surface area (Å²) in [5, 5.41) is -1.44. The van der Waals surface area contributed by atoms with Crippen molar-refractivity contribution in [1.29, 1.82) is 0 Å². The number of carbonyl (C=O) groups is 4. The quantitative estimate of drug-likeness (QED) is 0.492. The minimum Gasteiger partial charge on any atom is -0.469 e. The van der Waals surface area contributed by atoms with E-state index < -0.39 is 46.2 Å². The van der Waals surface area contributed by atoms with Gasteiger partial charge in [0, 0.05) is 9.79 Å². The molecule has 0 spiro atoms. The van der Waals surface area contributed by atoms with Crippen LogP contribution >= 0.6 is 23.5 Å². The molecule has 4 unspecified atom stereocenters. The van der Waals surface area contributed by atoms with Crippen LogP contribution in [0.25, 0.3) is 0 Å². The number of hydrogen-bond donors (Lipinski definition) is 0. The number of thioether (sulfide) groups is 2. The van der Waals surface area contributed by atoms with Crippen LogP contribution in [0.2, 0.25) is 0 Å². The Bertz CT molecular complexity index is 813. The summed E-state index contributed by atoms with van der Waals surface area (Å²) in [5.41, 5.74) is 1.75. The Hall–Kier alpha value is -2.20. The van der Waals surface area contributed by atoms with Gasteiger partial charge in [-0.3, -0.25) is 19.2 Å². The first-order chi connectivity index (χ1) is 14.4. The standard InChI is InChI=1S/C20H22O8S2/c1-25-17(21)11-7-9-10-8-12(18(22)26-2)16(20(24)28-4)30-14(10)6-5-13(9)29-15(11)19(23)27-3/h5-6,11-12,15-16H,7-8H2,1-4H3. The lowest BCUT2D eigenvalue weighted by atomic mass is 9.87. The van der Waals surface area contributed by atoms with Crippen LogP contribution in [0.5, 0.6) is 0 Å². The minimum atomic E-state index is -0.719. The molecule has 30 heavy (non-hydrogen) atoms. The predicted octanol–water partition coefficient (Wildman–Crippen LogP) is 1.64. The summed E-state index contributed by atoms with van der Waals surface area (Å²) in [6.45, 7) is 0. The Morgan fingerprint density at radius 2 is 1.00 bits per heavy atom. The molecule has 2 aliphatic rings. The normalized spacial score (nSPS) is 24.7. The molecule has 3 rings (SSSR count). The Balaban J connectivity index is 2.04. The third-order valence-electron chi connectivity index (χ3n) is 5.31. The zero-order chi connectivity index (χ0) is 22.0. The van der Waals surface area contributed by atoms with Crippen LogP contribution in [-0.2, 0) is 51.0 Å². The van der Waals surface area contributed by atoms with Crippen LogP contribution in [0.15, 0.2) is 21.9 Å². The number of carbonyl (C=O) groups excluding carboxylic acids is 4. The number of ether oxygens (including phenoxy) is 4. The van der Waals surface area contributed by atoms with Gasteiger partial charge < -0.3 is 18.9 Å². The molecule has 0 saturated heterocycles. The van der Waals surface area contributed by atoms with Crippen LogP contribution < -0.4 is 0 Å².